The van der Waals surface area contributed by atoms with Gasteiger partial charge < -0.3 is 10.6 Å². The topological polar surface area (TPSA) is 95.6 Å². The van der Waals surface area contributed by atoms with Crippen LogP contribution in [0.1, 0.15) is 30.1 Å². The molecule has 2 amide bonds. The van der Waals surface area contributed by atoms with E-state index in [1.54, 1.807) is 24.3 Å². The van der Waals surface area contributed by atoms with Crippen molar-refractivity contribution in [2.45, 2.75) is 24.7 Å². The van der Waals surface area contributed by atoms with Gasteiger partial charge in [-0.3, -0.25) is 9.59 Å². The fraction of sp³-hybridized carbons (Fsp3) is 0.263. The Morgan fingerprint density at radius 1 is 0.852 bits per heavy atom. The number of nitrogens with zero attached hydrogens (tertiary/aromatic N) is 1. The zero-order chi connectivity index (χ0) is 19.4. The number of amides is 2. The Kier molecular flexibility index (Phi) is 5.57. The number of carbonyl (C=O) groups excluding carboxylic acids is 2. The molecule has 2 N–H and O–H groups in total. The maximum absolute atomic E-state index is 12.5. The summed E-state index contributed by atoms with van der Waals surface area (Å²) in [6.45, 7) is 2.50. The first-order valence-electron chi connectivity index (χ1n) is 8.65. The van der Waals surface area contributed by atoms with Gasteiger partial charge in [0.25, 0.3) is 5.91 Å². The van der Waals surface area contributed by atoms with Gasteiger partial charge in [0.15, 0.2) is 0 Å². The van der Waals surface area contributed by atoms with E-state index in [0.717, 1.165) is 12.8 Å². The van der Waals surface area contributed by atoms with E-state index >= 15 is 0 Å². The quantitative estimate of drug-likeness (QED) is 0.824. The molecule has 0 atom stereocenters. The number of carbonyl (C=O) groups is 2. The molecule has 142 valence electrons. The summed E-state index contributed by atoms with van der Waals surface area (Å²) in [6.07, 6.45) is 1.75. The van der Waals surface area contributed by atoms with Crippen LogP contribution < -0.4 is 10.6 Å². The van der Waals surface area contributed by atoms with Crippen molar-refractivity contribution >= 4 is 33.2 Å². The summed E-state index contributed by atoms with van der Waals surface area (Å²) in [6, 6.07) is 12.6. The van der Waals surface area contributed by atoms with E-state index < -0.39 is 10.0 Å². The second-order valence-corrected chi connectivity index (χ2v) is 8.29. The Bertz CT molecular complexity index is 932. The summed E-state index contributed by atoms with van der Waals surface area (Å²) in [5, 5.41) is 5.39. The van der Waals surface area contributed by atoms with Crippen molar-refractivity contribution < 1.29 is 18.0 Å². The molecular weight excluding hydrogens is 366 g/mol. The molecule has 0 spiro atoms. The van der Waals surface area contributed by atoms with E-state index in [4.69, 9.17) is 0 Å². The molecule has 2 aromatic carbocycles. The molecule has 0 saturated carbocycles. The van der Waals surface area contributed by atoms with E-state index in [1.807, 2.05) is 0 Å². The van der Waals surface area contributed by atoms with Crippen LogP contribution in [-0.4, -0.2) is 37.6 Å². The number of sulfonamides is 1. The van der Waals surface area contributed by atoms with Gasteiger partial charge in [0, 0.05) is 37.0 Å². The van der Waals surface area contributed by atoms with Crippen LogP contribution in [0, 0.1) is 0 Å². The van der Waals surface area contributed by atoms with Crippen molar-refractivity contribution in [2.75, 3.05) is 23.7 Å². The highest BCUT2D eigenvalue weighted by molar-refractivity contribution is 7.89. The monoisotopic (exact) mass is 387 g/mol. The Morgan fingerprint density at radius 2 is 1.37 bits per heavy atom. The highest BCUT2D eigenvalue weighted by atomic mass is 32.2. The van der Waals surface area contributed by atoms with Crippen LogP contribution in [0.5, 0.6) is 0 Å². The lowest BCUT2D eigenvalue weighted by Gasteiger charge is -2.15. The van der Waals surface area contributed by atoms with Gasteiger partial charge in [-0.15, -0.1) is 0 Å². The van der Waals surface area contributed by atoms with Gasteiger partial charge in [-0.1, -0.05) is 0 Å². The molecule has 3 rings (SSSR count). The summed E-state index contributed by atoms with van der Waals surface area (Å²) in [5.41, 5.74) is 1.57. The summed E-state index contributed by atoms with van der Waals surface area (Å²) < 4.78 is 26.5. The fourth-order valence-electron chi connectivity index (χ4n) is 2.90. The zero-order valence-electron chi connectivity index (χ0n) is 14.9. The van der Waals surface area contributed by atoms with Gasteiger partial charge in [0.05, 0.1) is 4.90 Å². The Labute approximate surface area is 158 Å². The third kappa shape index (κ3) is 4.53. The number of benzene rings is 2. The summed E-state index contributed by atoms with van der Waals surface area (Å²) in [4.78, 5) is 23.6. The smallest absolute Gasteiger partial charge is 0.255 e. The first-order valence-corrected chi connectivity index (χ1v) is 10.1. The number of hydrogen-bond donors (Lipinski definition) is 2. The molecule has 0 aromatic heterocycles. The lowest BCUT2D eigenvalue weighted by atomic mass is 10.2. The first-order chi connectivity index (χ1) is 12.9. The highest BCUT2D eigenvalue weighted by Crippen LogP contribution is 2.21. The lowest BCUT2D eigenvalue weighted by Crippen LogP contribution is -2.27. The van der Waals surface area contributed by atoms with Crippen LogP contribution in [0.2, 0.25) is 0 Å². The van der Waals surface area contributed by atoms with Crippen molar-refractivity contribution in [2.24, 2.45) is 0 Å². The van der Waals surface area contributed by atoms with E-state index in [0.29, 0.717) is 30.0 Å². The second kappa shape index (κ2) is 7.89. The third-order valence-corrected chi connectivity index (χ3v) is 6.20. The van der Waals surface area contributed by atoms with Crippen molar-refractivity contribution in [3.05, 3.63) is 54.1 Å². The molecule has 0 unspecified atom stereocenters. The number of anilines is 2. The standard InChI is InChI=1S/C19H21N3O4S/c1-14(23)20-16-6-8-17(9-7-16)21-19(24)15-4-10-18(11-5-15)27(25,26)22-12-2-3-13-22/h4-11H,2-3,12-13H2,1H3,(H,20,23)(H,21,24). The van der Waals surface area contributed by atoms with Gasteiger partial charge in [-0.25, -0.2) is 8.42 Å². The molecule has 1 heterocycles. The molecular formula is C19H21N3O4S. The lowest BCUT2D eigenvalue weighted by molar-refractivity contribution is -0.114. The Hall–Kier alpha value is -2.71. The summed E-state index contributed by atoms with van der Waals surface area (Å²) in [7, 11) is -3.49. The van der Waals surface area contributed by atoms with Crippen LogP contribution in [0.15, 0.2) is 53.4 Å². The molecule has 1 fully saturated rings. The largest absolute Gasteiger partial charge is 0.326 e. The van der Waals surface area contributed by atoms with Crippen molar-refractivity contribution in [3.63, 3.8) is 0 Å². The normalized spacial score (nSPS) is 14.7. The fourth-order valence-corrected chi connectivity index (χ4v) is 4.42. The average Bonchev–Trinajstić information content (AvgIpc) is 3.18. The maximum atomic E-state index is 12.5. The summed E-state index contributed by atoms with van der Waals surface area (Å²) >= 11 is 0. The van der Waals surface area contributed by atoms with Crippen LogP contribution in [-0.2, 0) is 14.8 Å². The van der Waals surface area contributed by atoms with Gasteiger partial charge in [-0.05, 0) is 61.4 Å². The molecule has 2 aromatic rings. The van der Waals surface area contributed by atoms with Crippen molar-refractivity contribution in [1.29, 1.82) is 0 Å². The predicted molar refractivity (Wildman–Crippen MR) is 103 cm³/mol. The van der Waals surface area contributed by atoms with E-state index in [9.17, 15) is 18.0 Å². The van der Waals surface area contributed by atoms with Crippen molar-refractivity contribution in [3.8, 4) is 0 Å². The van der Waals surface area contributed by atoms with Crippen LogP contribution in [0.25, 0.3) is 0 Å². The van der Waals surface area contributed by atoms with E-state index in [-0.39, 0.29) is 16.7 Å². The van der Waals surface area contributed by atoms with Crippen LogP contribution >= 0.6 is 0 Å². The molecule has 1 aliphatic rings. The van der Waals surface area contributed by atoms with E-state index in [2.05, 4.69) is 10.6 Å². The van der Waals surface area contributed by atoms with Crippen LogP contribution in [0.3, 0.4) is 0 Å². The minimum absolute atomic E-state index is 0.171. The number of nitrogens with one attached hydrogen (secondary N) is 2. The van der Waals surface area contributed by atoms with Gasteiger partial charge in [0.2, 0.25) is 15.9 Å². The molecule has 7 nitrogen and oxygen atoms in total. The molecule has 8 heteroatoms. The minimum Gasteiger partial charge on any atom is -0.326 e. The molecule has 0 radical (unpaired) electrons. The zero-order valence-corrected chi connectivity index (χ0v) is 15.8. The van der Waals surface area contributed by atoms with Gasteiger partial charge in [-0.2, -0.15) is 4.31 Å². The van der Waals surface area contributed by atoms with E-state index in [1.165, 1.54) is 35.5 Å². The summed E-state index contributed by atoms with van der Waals surface area (Å²) in [5.74, 6) is -0.511. The minimum atomic E-state index is -3.49. The number of hydrogen-bond acceptors (Lipinski definition) is 4. The number of rotatable bonds is 5. The van der Waals surface area contributed by atoms with Gasteiger partial charge in [0.1, 0.15) is 0 Å². The molecule has 1 saturated heterocycles. The highest BCUT2D eigenvalue weighted by Gasteiger charge is 2.27. The molecule has 0 bridgehead atoms. The van der Waals surface area contributed by atoms with Gasteiger partial charge >= 0.3 is 0 Å². The maximum Gasteiger partial charge on any atom is 0.255 e. The van der Waals surface area contributed by atoms with Crippen molar-refractivity contribution in [1.82, 2.24) is 4.31 Å². The van der Waals surface area contributed by atoms with Crippen LogP contribution in [0.4, 0.5) is 11.4 Å². The average molecular weight is 387 g/mol. The molecule has 27 heavy (non-hydrogen) atoms. The Morgan fingerprint density at radius 3 is 1.89 bits per heavy atom. The third-order valence-electron chi connectivity index (χ3n) is 4.28. The first kappa shape index (κ1) is 19.1. The Balaban J connectivity index is 1.68. The second-order valence-electron chi connectivity index (χ2n) is 6.35. The molecule has 1 aliphatic heterocycles. The SMILES string of the molecule is CC(=O)Nc1ccc(NC(=O)c2ccc(S(=O)(=O)N3CCCC3)cc2)cc1. The predicted octanol–water partition coefficient (Wildman–Crippen LogP) is 2.68. The molecule has 0 aliphatic carbocycles.